The van der Waals surface area contributed by atoms with E-state index in [4.69, 9.17) is 10.3 Å². The molecule has 1 fully saturated rings. The highest BCUT2D eigenvalue weighted by Gasteiger charge is 2.28. The van der Waals surface area contributed by atoms with Gasteiger partial charge in [-0.05, 0) is 32.2 Å². The molecule has 1 aliphatic heterocycles. The van der Waals surface area contributed by atoms with Crippen molar-refractivity contribution in [2.75, 3.05) is 19.6 Å². The molecule has 0 aromatic carbocycles. The van der Waals surface area contributed by atoms with E-state index >= 15 is 0 Å². The predicted molar refractivity (Wildman–Crippen MR) is 68.3 cm³/mol. The van der Waals surface area contributed by atoms with Crippen LogP contribution in [0.5, 0.6) is 0 Å². The highest BCUT2D eigenvalue weighted by Crippen LogP contribution is 2.21. The van der Waals surface area contributed by atoms with Gasteiger partial charge in [0.15, 0.2) is 0 Å². The Balaban J connectivity index is 2.17. The molecule has 0 saturated carbocycles. The number of hydrogen-bond donors (Lipinski definition) is 1. The van der Waals surface area contributed by atoms with Gasteiger partial charge in [-0.3, -0.25) is 4.79 Å². The van der Waals surface area contributed by atoms with E-state index in [2.05, 4.69) is 5.16 Å². The average Bonchev–Trinajstić information content (AvgIpc) is 2.79. The molecule has 1 aromatic heterocycles. The van der Waals surface area contributed by atoms with Crippen LogP contribution in [-0.2, 0) is 6.42 Å². The summed E-state index contributed by atoms with van der Waals surface area (Å²) in [5.74, 6) is 1.16. The lowest BCUT2D eigenvalue weighted by atomic mass is 9.97. The molecular weight excluding hydrogens is 230 g/mol. The van der Waals surface area contributed by atoms with Crippen molar-refractivity contribution >= 4 is 5.91 Å². The molecule has 5 heteroatoms. The molecule has 5 nitrogen and oxygen atoms in total. The van der Waals surface area contributed by atoms with E-state index in [0.29, 0.717) is 35.9 Å². The fourth-order valence-corrected chi connectivity index (χ4v) is 2.53. The van der Waals surface area contributed by atoms with Gasteiger partial charge in [0, 0.05) is 19.5 Å². The van der Waals surface area contributed by atoms with Crippen molar-refractivity contribution < 1.29 is 9.32 Å². The van der Waals surface area contributed by atoms with Crippen LogP contribution in [0.4, 0.5) is 0 Å². The molecule has 0 bridgehead atoms. The second kappa shape index (κ2) is 5.52. The number of piperidine rings is 1. The number of aryl methyl sites for hydroxylation is 2. The van der Waals surface area contributed by atoms with Gasteiger partial charge in [0.1, 0.15) is 11.3 Å². The van der Waals surface area contributed by atoms with E-state index < -0.39 is 0 Å². The minimum Gasteiger partial charge on any atom is -0.360 e. The van der Waals surface area contributed by atoms with Crippen LogP contribution >= 0.6 is 0 Å². The predicted octanol–water partition coefficient (Wildman–Crippen LogP) is 1.36. The Labute approximate surface area is 107 Å². The first-order valence-electron chi connectivity index (χ1n) is 6.61. The van der Waals surface area contributed by atoms with Crippen molar-refractivity contribution in [2.45, 2.75) is 33.1 Å². The molecule has 1 amide bonds. The summed E-state index contributed by atoms with van der Waals surface area (Å²) in [5, 5.41) is 3.90. The number of likely N-dealkylation sites (tertiary alicyclic amines) is 1. The minimum atomic E-state index is 0.0451. The number of amides is 1. The molecule has 18 heavy (non-hydrogen) atoms. The first kappa shape index (κ1) is 13.1. The summed E-state index contributed by atoms with van der Waals surface area (Å²) in [4.78, 5) is 14.4. The second-order valence-electron chi connectivity index (χ2n) is 4.91. The van der Waals surface area contributed by atoms with Crippen LogP contribution in [0, 0.1) is 12.8 Å². The number of nitrogens with two attached hydrogens (primary N) is 1. The molecular formula is C13H21N3O2. The van der Waals surface area contributed by atoms with Gasteiger partial charge in [-0.1, -0.05) is 12.1 Å². The van der Waals surface area contributed by atoms with E-state index in [1.807, 2.05) is 18.7 Å². The first-order chi connectivity index (χ1) is 8.67. The Hall–Kier alpha value is -1.36. The Kier molecular flexibility index (Phi) is 4.01. The summed E-state index contributed by atoms with van der Waals surface area (Å²) >= 11 is 0. The molecule has 1 aliphatic rings. The van der Waals surface area contributed by atoms with Gasteiger partial charge in [0.2, 0.25) is 0 Å². The lowest BCUT2D eigenvalue weighted by molar-refractivity contribution is 0.0675. The molecule has 2 N–H and O–H groups in total. The Morgan fingerprint density at radius 2 is 2.39 bits per heavy atom. The van der Waals surface area contributed by atoms with Gasteiger partial charge in [0.05, 0.1) is 5.69 Å². The van der Waals surface area contributed by atoms with Gasteiger partial charge >= 0.3 is 0 Å². The molecule has 1 atom stereocenters. The number of carbonyl (C=O) groups excluding carboxylic acids is 1. The standard InChI is InChI=1S/C13H21N3O2/c1-3-11-12(9(2)15-18-11)13(17)16-6-4-5-10(7-14)8-16/h10H,3-8,14H2,1-2H3. The Morgan fingerprint density at radius 1 is 1.61 bits per heavy atom. The summed E-state index contributed by atoms with van der Waals surface area (Å²) in [5.41, 5.74) is 7.04. The zero-order chi connectivity index (χ0) is 13.1. The number of hydrogen-bond acceptors (Lipinski definition) is 4. The minimum absolute atomic E-state index is 0.0451. The normalized spacial score (nSPS) is 20.2. The van der Waals surface area contributed by atoms with E-state index in [1.54, 1.807) is 0 Å². The molecule has 1 saturated heterocycles. The largest absolute Gasteiger partial charge is 0.360 e. The molecule has 0 radical (unpaired) electrons. The van der Waals surface area contributed by atoms with Crippen LogP contribution < -0.4 is 5.73 Å². The van der Waals surface area contributed by atoms with E-state index in [1.165, 1.54) is 0 Å². The van der Waals surface area contributed by atoms with Crippen LogP contribution in [-0.4, -0.2) is 35.6 Å². The number of aromatic nitrogens is 1. The summed E-state index contributed by atoms with van der Waals surface area (Å²) in [6.07, 6.45) is 2.83. The highest BCUT2D eigenvalue weighted by atomic mass is 16.5. The first-order valence-corrected chi connectivity index (χ1v) is 6.61. The molecule has 100 valence electrons. The van der Waals surface area contributed by atoms with Crippen LogP contribution in [0.2, 0.25) is 0 Å². The van der Waals surface area contributed by atoms with Gasteiger partial charge < -0.3 is 15.2 Å². The lowest BCUT2D eigenvalue weighted by Crippen LogP contribution is -2.42. The van der Waals surface area contributed by atoms with Gasteiger partial charge in [-0.15, -0.1) is 0 Å². The van der Waals surface area contributed by atoms with Crippen molar-refractivity contribution in [2.24, 2.45) is 11.7 Å². The molecule has 1 aromatic rings. The molecule has 1 unspecified atom stereocenters. The SMILES string of the molecule is CCc1onc(C)c1C(=O)N1CCCC(CN)C1. The van der Waals surface area contributed by atoms with E-state index in [0.717, 1.165) is 25.9 Å². The third-order valence-corrected chi connectivity index (χ3v) is 3.61. The third kappa shape index (κ3) is 2.41. The number of carbonyl (C=O) groups is 1. The molecule has 0 spiro atoms. The van der Waals surface area contributed by atoms with E-state index in [9.17, 15) is 4.79 Å². The Morgan fingerprint density at radius 3 is 3.06 bits per heavy atom. The summed E-state index contributed by atoms with van der Waals surface area (Å²) < 4.78 is 5.19. The second-order valence-corrected chi connectivity index (χ2v) is 4.91. The maximum Gasteiger partial charge on any atom is 0.259 e. The monoisotopic (exact) mass is 251 g/mol. The smallest absolute Gasteiger partial charge is 0.259 e. The number of nitrogens with zero attached hydrogens (tertiary/aromatic N) is 2. The summed E-state index contributed by atoms with van der Waals surface area (Å²) in [7, 11) is 0. The third-order valence-electron chi connectivity index (χ3n) is 3.61. The molecule has 0 aliphatic carbocycles. The average molecular weight is 251 g/mol. The molecule has 2 rings (SSSR count). The fourth-order valence-electron chi connectivity index (χ4n) is 2.53. The maximum atomic E-state index is 12.5. The van der Waals surface area contributed by atoms with Gasteiger partial charge in [-0.25, -0.2) is 0 Å². The fraction of sp³-hybridized carbons (Fsp3) is 0.692. The Bertz CT molecular complexity index is 428. The summed E-state index contributed by atoms with van der Waals surface area (Å²) in [6.45, 7) is 6.00. The zero-order valence-corrected chi connectivity index (χ0v) is 11.1. The molecule has 2 heterocycles. The van der Waals surface area contributed by atoms with Gasteiger partial charge in [-0.2, -0.15) is 0 Å². The van der Waals surface area contributed by atoms with Gasteiger partial charge in [0.25, 0.3) is 5.91 Å². The van der Waals surface area contributed by atoms with Crippen molar-refractivity contribution in [3.8, 4) is 0 Å². The van der Waals surface area contributed by atoms with E-state index in [-0.39, 0.29) is 5.91 Å². The van der Waals surface area contributed by atoms with Crippen LogP contribution in [0.1, 0.15) is 41.6 Å². The van der Waals surface area contributed by atoms with Crippen LogP contribution in [0.25, 0.3) is 0 Å². The highest BCUT2D eigenvalue weighted by molar-refractivity contribution is 5.96. The lowest BCUT2D eigenvalue weighted by Gasteiger charge is -2.32. The van der Waals surface area contributed by atoms with Crippen molar-refractivity contribution in [1.29, 1.82) is 0 Å². The van der Waals surface area contributed by atoms with Crippen LogP contribution in [0.3, 0.4) is 0 Å². The summed E-state index contributed by atoms with van der Waals surface area (Å²) in [6, 6.07) is 0. The quantitative estimate of drug-likeness (QED) is 0.880. The van der Waals surface area contributed by atoms with Crippen LogP contribution in [0.15, 0.2) is 4.52 Å². The number of rotatable bonds is 3. The topological polar surface area (TPSA) is 72.4 Å². The van der Waals surface area contributed by atoms with Crippen molar-refractivity contribution in [3.05, 3.63) is 17.0 Å². The maximum absolute atomic E-state index is 12.5. The zero-order valence-electron chi connectivity index (χ0n) is 11.1. The van der Waals surface area contributed by atoms with Crippen molar-refractivity contribution in [3.63, 3.8) is 0 Å². The van der Waals surface area contributed by atoms with Crippen molar-refractivity contribution in [1.82, 2.24) is 10.1 Å².